The molecule has 0 aromatic rings. The van der Waals surface area contributed by atoms with Crippen molar-refractivity contribution < 1.29 is 10.0 Å². The standard InChI is InChI=1S/C14H28N4O2/c1-4-14(5-2,12(15)17-20)13(19)16-10-11(3)18-8-6-7-9-18/h11,20H,4-10H2,1-3H3,(H2,15,17)(H,16,19). The Bertz CT molecular complexity index is 347. The first-order valence-corrected chi connectivity index (χ1v) is 7.52. The molecule has 0 spiro atoms. The Labute approximate surface area is 121 Å². The molecule has 1 aliphatic rings. The Morgan fingerprint density at radius 1 is 1.40 bits per heavy atom. The summed E-state index contributed by atoms with van der Waals surface area (Å²) in [5.74, 6) is -0.155. The summed E-state index contributed by atoms with van der Waals surface area (Å²) in [5, 5.41) is 14.9. The van der Waals surface area contributed by atoms with Crippen molar-refractivity contribution in [3.63, 3.8) is 0 Å². The topological polar surface area (TPSA) is 91.0 Å². The van der Waals surface area contributed by atoms with Gasteiger partial charge in [-0.05, 0) is 45.7 Å². The Morgan fingerprint density at radius 2 is 1.95 bits per heavy atom. The summed E-state index contributed by atoms with van der Waals surface area (Å²) in [4.78, 5) is 14.8. The van der Waals surface area contributed by atoms with E-state index in [9.17, 15) is 4.79 Å². The SMILES string of the molecule is CCC(CC)(C(=O)NCC(C)N1CCCC1)C(N)=NO. The highest BCUT2D eigenvalue weighted by Gasteiger charge is 2.39. The van der Waals surface area contributed by atoms with Crippen molar-refractivity contribution in [2.24, 2.45) is 16.3 Å². The lowest BCUT2D eigenvalue weighted by Gasteiger charge is -2.30. The van der Waals surface area contributed by atoms with Crippen LogP contribution in [0.4, 0.5) is 0 Å². The maximum atomic E-state index is 12.4. The monoisotopic (exact) mass is 284 g/mol. The van der Waals surface area contributed by atoms with Crippen molar-refractivity contribution >= 4 is 11.7 Å². The number of amides is 1. The summed E-state index contributed by atoms with van der Waals surface area (Å²) in [7, 11) is 0. The number of hydrogen-bond donors (Lipinski definition) is 3. The Hall–Kier alpha value is -1.30. The molecule has 0 aliphatic carbocycles. The fraction of sp³-hybridized carbons (Fsp3) is 0.857. The number of nitrogens with zero attached hydrogens (tertiary/aromatic N) is 2. The molecule has 0 bridgehead atoms. The second-order valence-corrected chi connectivity index (χ2v) is 5.58. The summed E-state index contributed by atoms with van der Waals surface area (Å²) in [6.45, 7) is 8.68. The molecular weight excluding hydrogens is 256 g/mol. The molecule has 0 aromatic carbocycles. The van der Waals surface area contributed by atoms with E-state index in [1.165, 1.54) is 12.8 Å². The van der Waals surface area contributed by atoms with Gasteiger partial charge in [0.1, 0.15) is 5.41 Å². The fourth-order valence-corrected chi connectivity index (χ4v) is 2.87. The highest BCUT2D eigenvalue weighted by atomic mass is 16.4. The quantitative estimate of drug-likeness (QED) is 0.283. The number of carbonyl (C=O) groups excluding carboxylic acids is 1. The molecule has 0 saturated carbocycles. The molecule has 1 fully saturated rings. The lowest BCUT2D eigenvalue weighted by molar-refractivity contribution is -0.128. The van der Waals surface area contributed by atoms with Crippen molar-refractivity contribution in [1.82, 2.24) is 10.2 Å². The number of carbonyl (C=O) groups is 1. The fourth-order valence-electron chi connectivity index (χ4n) is 2.87. The van der Waals surface area contributed by atoms with Gasteiger partial charge >= 0.3 is 0 Å². The van der Waals surface area contributed by atoms with E-state index in [0.29, 0.717) is 25.4 Å². The molecule has 1 aliphatic heterocycles. The van der Waals surface area contributed by atoms with Gasteiger partial charge in [-0.1, -0.05) is 19.0 Å². The predicted molar refractivity (Wildman–Crippen MR) is 79.7 cm³/mol. The Balaban J connectivity index is 2.62. The minimum Gasteiger partial charge on any atom is -0.409 e. The lowest BCUT2D eigenvalue weighted by atomic mass is 9.80. The van der Waals surface area contributed by atoms with Gasteiger partial charge in [-0.3, -0.25) is 9.69 Å². The van der Waals surface area contributed by atoms with Gasteiger partial charge in [-0.2, -0.15) is 0 Å². The number of oxime groups is 1. The van der Waals surface area contributed by atoms with E-state index >= 15 is 0 Å². The van der Waals surface area contributed by atoms with Gasteiger partial charge in [0.15, 0.2) is 5.84 Å². The van der Waals surface area contributed by atoms with Crippen molar-refractivity contribution in [3.8, 4) is 0 Å². The molecule has 1 atom stereocenters. The van der Waals surface area contributed by atoms with Crippen LogP contribution >= 0.6 is 0 Å². The van der Waals surface area contributed by atoms with E-state index in [0.717, 1.165) is 13.1 Å². The molecule has 4 N–H and O–H groups in total. The van der Waals surface area contributed by atoms with Crippen LogP contribution in [0.15, 0.2) is 5.16 Å². The summed E-state index contributed by atoms with van der Waals surface area (Å²) in [5.41, 5.74) is 4.83. The molecule has 6 heteroatoms. The van der Waals surface area contributed by atoms with Gasteiger partial charge in [0.05, 0.1) is 0 Å². The molecule has 116 valence electrons. The van der Waals surface area contributed by atoms with Crippen LogP contribution in [0.25, 0.3) is 0 Å². The number of nitrogens with two attached hydrogens (primary N) is 1. The summed E-state index contributed by atoms with van der Waals surface area (Å²) < 4.78 is 0. The molecule has 0 radical (unpaired) electrons. The second kappa shape index (κ2) is 7.47. The number of hydrogen-bond acceptors (Lipinski definition) is 4. The summed E-state index contributed by atoms with van der Waals surface area (Å²) >= 11 is 0. The molecule has 1 amide bonds. The molecular formula is C14H28N4O2. The van der Waals surface area contributed by atoms with Gasteiger partial charge < -0.3 is 16.3 Å². The molecule has 1 unspecified atom stereocenters. The Kier molecular flexibility index (Phi) is 6.26. The summed E-state index contributed by atoms with van der Waals surface area (Å²) in [6.07, 6.45) is 3.50. The third-order valence-corrected chi connectivity index (χ3v) is 4.56. The van der Waals surface area contributed by atoms with E-state index in [-0.39, 0.29) is 11.7 Å². The number of rotatable bonds is 7. The first kappa shape index (κ1) is 16.8. The molecule has 1 rings (SSSR count). The van der Waals surface area contributed by atoms with Crippen LogP contribution in [0.5, 0.6) is 0 Å². The lowest BCUT2D eigenvalue weighted by Crippen LogP contribution is -2.51. The zero-order valence-corrected chi connectivity index (χ0v) is 12.9. The van der Waals surface area contributed by atoms with Gasteiger partial charge in [-0.25, -0.2) is 0 Å². The largest absolute Gasteiger partial charge is 0.409 e. The van der Waals surface area contributed by atoms with E-state index < -0.39 is 5.41 Å². The van der Waals surface area contributed by atoms with Crippen molar-refractivity contribution in [3.05, 3.63) is 0 Å². The third kappa shape index (κ3) is 3.42. The summed E-state index contributed by atoms with van der Waals surface area (Å²) in [6, 6.07) is 0.320. The van der Waals surface area contributed by atoms with E-state index in [1.54, 1.807) is 0 Å². The predicted octanol–water partition coefficient (Wildman–Crippen LogP) is 1.14. The van der Waals surface area contributed by atoms with Crippen LogP contribution < -0.4 is 11.1 Å². The van der Waals surface area contributed by atoms with Crippen LogP contribution in [0.1, 0.15) is 46.5 Å². The van der Waals surface area contributed by atoms with Gasteiger partial charge in [0.2, 0.25) is 5.91 Å². The van der Waals surface area contributed by atoms with Crippen LogP contribution in [-0.4, -0.2) is 47.5 Å². The van der Waals surface area contributed by atoms with Crippen molar-refractivity contribution in [1.29, 1.82) is 0 Å². The first-order chi connectivity index (χ1) is 9.51. The van der Waals surface area contributed by atoms with E-state index in [1.807, 2.05) is 13.8 Å². The Morgan fingerprint density at radius 3 is 2.40 bits per heavy atom. The molecule has 20 heavy (non-hydrogen) atoms. The van der Waals surface area contributed by atoms with Gasteiger partial charge in [0, 0.05) is 12.6 Å². The number of nitrogens with one attached hydrogen (secondary N) is 1. The van der Waals surface area contributed by atoms with Crippen LogP contribution in [0, 0.1) is 5.41 Å². The van der Waals surface area contributed by atoms with Gasteiger partial charge in [-0.15, -0.1) is 0 Å². The van der Waals surface area contributed by atoms with E-state index in [4.69, 9.17) is 10.9 Å². The second-order valence-electron chi connectivity index (χ2n) is 5.58. The zero-order chi connectivity index (χ0) is 15.2. The average molecular weight is 284 g/mol. The third-order valence-electron chi connectivity index (χ3n) is 4.56. The van der Waals surface area contributed by atoms with E-state index in [2.05, 4.69) is 22.3 Å². The minimum absolute atomic E-state index is 0.00572. The highest BCUT2D eigenvalue weighted by molar-refractivity contribution is 6.06. The molecule has 1 saturated heterocycles. The maximum Gasteiger partial charge on any atom is 0.233 e. The molecule has 6 nitrogen and oxygen atoms in total. The smallest absolute Gasteiger partial charge is 0.233 e. The van der Waals surface area contributed by atoms with Crippen molar-refractivity contribution in [2.75, 3.05) is 19.6 Å². The highest BCUT2D eigenvalue weighted by Crippen LogP contribution is 2.27. The van der Waals surface area contributed by atoms with Crippen LogP contribution in [-0.2, 0) is 4.79 Å². The number of likely N-dealkylation sites (tertiary alicyclic amines) is 1. The first-order valence-electron chi connectivity index (χ1n) is 7.52. The zero-order valence-electron chi connectivity index (χ0n) is 12.9. The maximum absolute atomic E-state index is 12.4. The van der Waals surface area contributed by atoms with Gasteiger partial charge in [0.25, 0.3) is 0 Å². The molecule has 1 heterocycles. The van der Waals surface area contributed by atoms with Crippen molar-refractivity contribution in [2.45, 2.75) is 52.5 Å². The normalized spacial score (nSPS) is 19.1. The number of amidine groups is 1. The van der Waals surface area contributed by atoms with Crippen LogP contribution in [0.2, 0.25) is 0 Å². The minimum atomic E-state index is -0.903. The average Bonchev–Trinajstić information content (AvgIpc) is 3.00. The van der Waals surface area contributed by atoms with Crippen LogP contribution in [0.3, 0.4) is 0 Å². The molecule has 0 aromatic heterocycles.